The normalized spacial score (nSPS) is 14.8. The van der Waals surface area contributed by atoms with Crippen LogP contribution in [0.5, 0.6) is 0 Å². The number of aromatic amines is 1. The Labute approximate surface area is 175 Å². The van der Waals surface area contributed by atoms with Gasteiger partial charge in [0, 0.05) is 54.9 Å². The number of hydrogen-bond donors (Lipinski definition) is 2. The summed E-state index contributed by atoms with van der Waals surface area (Å²) in [5.74, 6) is 0.576. The minimum atomic E-state index is 0.576. The van der Waals surface area contributed by atoms with Gasteiger partial charge in [-0.2, -0.15) is 0 Å². The third-order valence-corrected chi connectivity index (χ3v) is 5.41. The van der Waals surface area contributed by atoms with Crippen LogP contribution in [0.1, 0.15) is 5.56 Å². The van der Waals surface area contributed by atoms with E-state index in [0.29, 0.717) is 5.95 Å². The van der Waals surface area contributed by atoms with Gasteiger partial charge in [-0.25, -0.2) is 15.0 Å². The predicted molar refractivity (Wildman–Crippen MR) is 118 cm³/mol. The van der Waals surface area contributed by atoms with Gasteiger partial charge in [0.25, 0.3) is 0 Å². The maximum absolute atomic E-state index is 5.41. The first-order valence-corrected chi connectivity index (χ1v) is 10.3. The summed E-state index contributed by atoms with van der Waals surface area (Å²) in [5.41, 5.74) is 5.03. The lowest BCUT2D eigenvalue weighted by atomic mass is 10.1. The van der Waals surface area contributed by atoms with E-state index in [1.165, 1.54) is 5.56 Å². The van der Waals surface area contributed by atoms with E-state index in [2.05, 4.69) is 49.4 Å². The summed E-state index contributed by atoms with van der Waals surface area (Å²) in [6, 6.07) is 14.4. The largest absolute Gasteiger partial charge is 0.379 e. The van der Waals surface area contributed by atoms with Gasteiger partial charge in [0.2, 0.25) is 5.95 Å². The molecule has 0 atom stereocenters. The first-order valence-electron chi connectivity index (χ1n) is 10.3. The molecule has 7 heteroatoms. The number of fused-ring (bicyclic) bond motifs is 1. The van der Waals surface area contributed by atoms with Crippen LogP contribution in [-0.2, 0) is 11.2 Å². The summed E-state index contributed by atoms with van der Waals surface area (Å²) in [4.78, 5) is 19.1. The van der Waals surface area contributed by atoms with E-state index in [9.17, 15) is 0 Å². The Kier molecular flexibility index (Phi) is 5.37. The molecule has 0 bridgehead atoms. The topological polar surface area (TPSA) is 79.0 Å². The Morgan fingerprint density at radius 2 is 1.87 bits per heavy atom. The predicted octanol–water partition coefficient (Wildman–Crippen LogP) is 3.64. The minimum absolute atomic E-state index is 0.576. The standard InChI is InChI=1S/C23H24N6O/c1-2-19-20(16-26-22(19)24-9-1)21-7-10-25-23(28-21)27-18-5-3-17(4-6-18)8-11-29-12-14-30-15-13-29/h1-7,9-10,16H,8,11-15H2,(H,24,26)(H,25,27,28). The fourth-order valence-electron chi connectivity index (χ4n) is 3.73. The molecule has 1 aromatic carbocycles. The van der Waals surface area contributed by atoms with Gasteiger partial charge >= 0.3 is 0 Å². The zero-order valence-electron chi connectivity index (χ0n) is 16.7. The molecule has 1 fully saturated rings. The van der Waals surface area contributed by atoms with Crippen LogP contribution in [0, 0.1) is 0 Å². The zero-order valence-corrected chi connectivity index (χ0v) is 16.7. The van der Waals surface area contributed by atoms with E-state index in [4.69, 9.17) is 9.72 Å². The summed E-state index contributed by atoms with van der Waals surface area (Å²) >= 11 is 0. The van der Waals surface area contributed by atoms with Crippen molar-refractivity contribution in [3.63, 3.8) is 0 Å². The average Bonchev–Trinajstić information content (AvgIpc) is 3.24. The van der Waals surface area contributed by atoms with Crippen molar-refractivity contribution >= 4 is 22.7 Å². The summed E-state index contributed by atoms with van der Waals surface area (Å²) in [6.07, 6.45) is 6.53. The number of pyridine rings is 1. The van der Waals surface area contributed by atoms with E-state index in [-0.39, 0.29) is 0 Å². The van der Waals surface area contributed by atoms with Gasteiger partial charge in [-0.05, 0) is 42.3 Å². The molecular formula is C23H24N6O. The Morgan fingerprint density at radius 1 is 1.00 bits per heavy atom. The molecule has 0 aliphatic carbocycles. The van der Waals surface area contributed by atoms with Crippen molar-refractivity contribution in [3.05, 3.63) is 66.6 Å². The van der Waals surface area contributed by atoms with Crippen LogP contribution in [0.25, 0.3) is 22.3 Å². The van der Waals surface area contributed by atoms with Crippen LogP contribution in [0.4, 0.5) is 11.6 Å². The lowest BCUT2D eigenvalue weighted by Gasteiger charge is -2.26. The number of H-pyrrole nitrogens is 1. The molecule has 4 aromatic rings. The van der Waals surface area contributed by atoms with Crippen molar-refractivity contribution in [3.8, 4) is 11.3 Å². The third kappa shape index (κ3) is 4.17. The maximum atomic E-state index is 5.41. The van der Waals surface area contributed by atoms with Crippen LogP contribution in [0.15, 0.2) is 61.1 Å². The number of morpholine rings is 1. The second-order valence-electron chi connectivity index (χ2n) is 7.39. The second-order valence-corrected chi connectivity index (χ2v) is 7.39. The molecule has 0 spiro atoms. The van der Waals surface area contributed by atoms with Gasteiger partial charge in [-0.1, -0.05) is 12.1 Å². The summed E-state index contributed by atoms with van der Waals surface area (Å²) in [5, 5.41) is 4.36. The Morgan fingerprint density at radius 3 is 2.73 bits per heavy atom. The number of nitrogens with zero attached hydrogens (tertiary/aromatic N) is 4. The number of anilines is 2. The molecule has 30 heavy (non-hydrogen) atoms. The van der Waals surface area contributed by atoms with Gasteiger partial charge in [-0.3, -0.25) is 4.90 Å². The quantitative estimate of drug-likeness (QED) is 0.514. The van der Waals surface area contributed by atoms with E-state index >= 15 is 0 Å². The van der Waals surface area contributed by atoms with Crippen LogP contribution in [0.3, 0.4) is 0 Å². The highest BCUT2D eigenvalue weighted by Crippen LogP contribution is 2.26. The molecule has 0 radical (unpaired) electrons. The molecule has 3 aromatic heterocycles. The number of benzene rings is 1. The third-order valence-electron chi connectivity index (χ3n) is 5.41. The maximum Gasteiger partial charge on any atom is 0.227 e. The van der Waals surface area contributed by atoms with Crippen molar-refractivity contribution in [2.24, 2.45) is 0 Å². The molecule has 0 saturated carbocycles. The van der Waals surface area contributed by atoms with E-state index < -0.39 is 0 Å². The second kappa shape index (κ2) is 8.61. The molecule has 1 saturated heterocycles. The van der Waals surface area contributed by atoms with Crippen molar-refractivity contribution in [1.29, 1.82) is 0 Å². The van der Waals surface area contributed by atoms with Crippen molar-refractivity contribution < 1.29 is 4.74 Å². The highest BCUT2D eigenvalue weighted by atomic mass is 16.5. The Hall–Kier alpha value is -3.29. The van der Waals surface area contributed by atoms with Crippen molar-refractivity contribution in [2.75, 3.05) is 38.2 Å². The Balaban J connectivity index is 1.26. The van der Waals surface area contributed by atoms with Crippen LogP contribution >= 0.6 is 0 Å². The lowest BCUT2D eigenvalue weighted by molar-refractivity contribution is 0.0384. The smallest absolute Gasteiger partial charge is 0.227 e. The molecule has 152 valence electrons. The zero-order chi connectivity index (χ0) is 20.2. The molecular weight excluding hydrogens is 376 g/mol. The molecule has 7 nitrogen and oxygen atoms in total. The lowest BCUT2D eigenvalue weighted by Crippen LogP contribution is -2.37. The average molecular weight is 400 g/mol. The first-order chi connectivity index (χ1) is 14.8. The molecule has 0 amide bonds. The molecule has 2 N–H and O–H groups in total. The fourth-order valence-corrected chi connectivity index (χ4v) is 3.73. The number of rotatable bonds is 6. The molecule has 1 aliphatic heterocycles. The van der Waals surface area contributed by atoms with E-state index in [0.717, 1.165) is 67.2 Å². The number of aromatic nitrogens is 4. The number of ether oxygens (including phenoxy) is 1. The molecule has 5 rings (SSSR count). The van der Waals surface area contributed by atoms with E-state index in [1.54, 1.807) is 12.4 Å². The first kappa shape index (κ1) is 18.7. The highest BCUT2D eigenvalue weighted by molar-refractivity contribution is 5.92. The van der Waals surface area contributed by atoms with Crippen molar-refractivity contribution in [2.45, 2.75) is 6.42 Å². The molecule has 4 heterocycles. The van der Waals surface area contributed by atoms with Crippen LogP contribution in [0.2, 0.25) is 0 Å². The molecule has 1 aliphatic rings. The van der Waals surface area contributed by atoms with Crippen LogP contribution in [-0.4, -0.2) is 57.7 Å². The monoisotopic (exact) mass is 400 g/mol. The Bertz CT molecular complexity index is 1120. The van der Waals surface area contributed by atoms with Gasteiger partial charge in [0.05, 0.1) is 18.9 Å². The van der Waals surface area contributed by atoms with Crippen LogP contribution < -0.4 is 5.32 Å². The fraction of sp³-hybridized carbons (Fsp3) is 0.261. The van der Waals surface area contributed by atoms with Crippen molar-refractivity contribution in [1.82, 2.24) is 24.8 Å². The van der Waals surface area contributed by atoms with Gasteiger partial charge in [-0.15, -0.1) is 0 Å². The summed E-state index contributed by atoms with van der Waals surface area (Å²) in [7, 11) is 0. The number of nitrogens with one attached hydrogen (secondary N) is 2. The molecule has 0 unspecified atom stereocenters. The number of hydrogen-bond acceptors (Lipinski definition) is 6. The van der Waals surface area contributed by atoms with Gasteiger partial charge in [0.15, 0.2) is 0 Å². The van der Waals surface area contributed by atoms with Gasteiger partial charge in [0.1, 0.15) is 5.65 Å². The van der Waals surface area contributed by atoms with Gasteiger partial charge < -0.3 is 15.0 Å². The highest BCUT2D eigenvalue weighted by Gasteiger charge is 2.11. The summed E-state index contributed by atoms with van der Waals surface area (Å²) in [6.45, 7) is 4.81. The van der Waals surface area contributed by atoms with E-state index in [1.807, 2.05) is 24.4 Å². The summed E-state index contributed by atoms with van der Waals surface area (Å²) < 4.78 is 5.41. The minimum Gasteiger partial charge on any atom is -0.379 e. The SMILES string of the molecule is c1cnc2[nH]cc(-c3ccnc(Nc4ccc(CCN5CCOCC5)cc4)n3)c2c1.